The number of alkyl carbamates (subject to hydrolysis) is 1. The predicted molar refractivity (Wildman–Crippen MR) is 90.3 cm³/mol. The van der Waals surface area contributed by atoms with Gasteiger partial charge >= 0.3 is 11.8 Å². The summed E-state index contributed by atoms with van der Waals surface area (Å²) in [5.74, 6) is -0.332. The number of carbonyl (C=O) groups excluding carboxylic acids is 1. The first-order valence-corrected chi connectivity index (χ1v) is 8.08. The van der Waals surface area contributed by atoms with Crippen molar-refractivity contribution < 1.29 is 18.8 Å². The van der Waals surface area contributed by atoms with Crippen molar-refractivity contribution >= 4 is 17.5 Å². The number of hydrogen-bond acceptors (Lipinski definition) is 6. The number of anilines is 1. The maximum atomic E-state index is 13.3. The minimum Gasteiger partial charge on any atom is -0.444 e. The molecule has 1 saturated heterocycles. The fraction of sp³-hybridized carbons (Fsp3) is 0.625. The number of nitro groups is 1. The molecule has 2 heterocycles. The molecule has 1 aromatic rings. The quantitative estimate of drug-likeness (QED) is 0.659. The largest absolute Gasteiger partial charge is 0.444 e. The van der Waals surface area contributed by atoms with Gasteiger partial charge in [-0.3, -0.25) is 19.5 Å². The van der Waals surface area contributed by atoms with E-state index in [2.05, 4.69) is 10.3 Å². The van der Waals surface area contributed by atoms with E-state index in [9.17, 15) is 19.3 Å². The summed E-state index contributed by atoms with van der Waals surface area (Å²) in [5, 5.41) is 13.9. The number of aromatic nitrogens is 1. The second-order valence-electron chi connectivity index (χ2n) is 7.13. The van der Waals surface area contributed by atoms with E-state index in [4.69, 9.17) is 4.74 Å². The lowest BCUT2D eigenvalue weighted by Crippen LogP contribution is -2.52. The van der Waals surface area contributed by atoms with Crippen molar-refractivity contribution in [3.05, 3.63) is 28.6 Å². The van der Waals surface area contributed by atoms with Crippen molar-refractivity contribution in [3.8, 4) is 0 Å². The standard InChI is InChI=1S/C16H23FN4O4/c1-16(2,3)25-15(22)19-12-6-11(7-17)9-20(10-12)13-4-5-18-8-14(13)21(23)24/h4-5,8,11-12H,6-7,9-10H2,1-3H3,(H,19,22). The highest BCUT2D eigenvalue weighted by Gasteiger charge is 2.32. The molecule has 138 valence electrons. The summed E-state index contributed by atoms with van der Waals surface area (Å²) in [7, 11) is 0. The molecule has 8 nitrogen and oxygen atoms in total. The smallest absolute Gasteiger partial charge is 0.407 e. The number of halogens is 1. The molecule has 0 aromatic carbocycles. The van der Waals surface area contributed by atoms with Crippen molar-refractivity contribution in [1.82, 2.24) is 10.3 Å². The minimum atomic E-state index is -0.637. The molecule has 25 heavy (non-hydrogen) atoms. The van der Waals surface area contributed by atoms with E-state index < -0.39 is 23.3 Å². The highest BCUT2D eigenvalue weighted by molar-refractivity contribution is 5.68. The van der Waals surface area contributed by atoms with Gasteiger partial charge in [-0.15, -0.1) is 0 Å². The molecule has 1 aliphatic heterocycles. The molecule has 2 rings (SSSR count). The summed E-state index contributed by atoms with van der Waals surface area (Å²) in [6.07, 6.45) is 2.49. The summed E-state index contributed by atoms with van der Waals surface area (Å²) < 4.78 is 18.5. The minimum absolute atomic E-state index is 0.141. The van der Waals surface area contributed by atoms with Crippen LogP contribution < -0.4 is 10.2 Å². The zero-order chi connectivity index (χ0) is 18.6. The summed E-state index contributed by atoms with van der Waals surface area (Å²) in [6.45, 7) is 5.37. The van der Waals surface area contributed by atoms with Crippen molar-refractivity contribution in [1.29, 1.82) is 0 Å². The molecule has 2 atom stereocenters. The van der Waals surface area contributed by atoms with Crippen molar-refractivity contribution in [2.75, 3.05) is 24.7 Å². The number of pyridine rings is 1. The molecule has 0 saturated carbocycles. The molecular weight excluding hydrogens is 331 g/mol. The van der Waals surface area contributed by atoms with Gasteiger partial charge in [0.2, 0.25) is 0 Å². The fourth-order valence-corrected chi connectivity index (χ4v) is 2.88. The molecule has 0 spiro atoms. The highest BCUT2D eigenvalue weighted by Crippen LogP contribution is 2.30. The molecule has 2 unspecified atom stereocenters. The Bertz CT molecular complexity index is 635. The van der Waals surface area contributed by atoms with Crippen molar-refractivity contribution in [3.63, 3.8) is 0 Å². The Morgan fingerprint density at radius 1 is 1.52 bits per heavy atom. The van der Waals surface area contributed by atoms with Crippen LogP contribution in [-0.2, 0) is 4.74 Å². The maximum Gasteiger partial charge on any atom is 0.407 e. The number of nitrogens with one attached hydrogen (secondary N) is 1. The van der Waals surface area contributed by atoms with E-state index >= 15 is 0 Å². The lowest BCUT2D eigenvalue weighted by Gasteiger charge is -2.38. The first-order valence-electron chi connectivity index (χ1n) is 8.08. The number of piperidine rings is 1. The van der Waals surface area contributed by atoms with Gasteiger partial charge in [-0.1, -0.05) is 0 Å². The van der Waals surface area contributed by atoms with Gasteiger partial charge in [0.15, 0.2) is 0 Å². The van der Waals surface area contributed by atoms with Crippen LogP contribution in [0.2, 0.25) is 0 Å². The lowest BCUT2D eigenvalue weighted by atomic mass is 9.95. The van der Waals surface area contributed by atoms with Gasteiger partial charge in [-0.25, -0.2) is 4.79 Å². The van der Waals surface area contributed by atoms with Gasteiger partial charge < -0.3 is 15.0 Å². The predicted octanol–water partition coefficient (Wildman–Crippen LogP) is 2.68. The number of nitrogens with zero attached hydrogens (tertiary/aromatic N) is 3. The molecular formula is C16H23FN4O4. The molecule has 9 heteroatoms. The van der Waals surface area contributed by atoms with Crippen LogP contribution in [0.15, 0.2) is 18.5 Å². The zero-order valence-electron chi connectivity index (χ0n) is 14.6. The van der Waals surface area contributed by atoms with E-state index in [0.29, 0.717) is 25.2 Å². The number of carbonyl (C=O) groups is 1. The van der Waals surface area contributed by atoms with Gasteiger partial charge in [0.1, 0.15) is 17.5 Å². The van der Waals surface area contributed by atoms with Crippen LogP contribution in [-0.4, -0.2) is 47.4 Å². The molecule has 1 aliphatic rings. The Morgan fingerprint density at radius 3 is 2.84 bits per heavy atom. The second kappa shape index (κ2) is 7.62. The van der Waals surface area contributed by atoms with E-state index in [-0.39, 0.29) is 17.6 Å². The average Bonchev–Trinajstić information content (AvgIpc) is 2.52. The van der Waals surface area contributed by atoms with Gasteiger partial charge in [0.25, 0.3) is 0 Å². The fourth-order valence-electron chi connectivity index (χ4n) is 2.88. The van der Waals surface area contributed by atoms with Gasteiger partial charge in [0, 0.05) is 25.2 Å². The van der Waals surface area contributed by atoms with E-state index in [0.717, 1.165) is 0 Å². The summed E-state index contributed by atoms with van der Waals surface area (Å²) in [5.41, 5.74) is -0.408. The van der Waals surface area contributed by atoms with Gasteiger partial charge in [0.05, 0.1) is 17.6 Å². The van der Waals surface area contributed by atoms with Crippen molar-refractivity contribution in [2.24, 2.45) is 5.92 Å². The topological polar surface area (TPSA) is 97.6 Å². The molecule has 1 fully saturated rings. The normalized spacial score (nSPS) is 20.9. The van der Waals surface area contributed by atoms with Crippen LogP contribution in [0.4, 0.5) is 20.6 Å². The Labute approximate surface area is 145 Å². The second-order valence-corrected chi connectivity index (χ2v) is 7.13. The Kier molecular flexibility index (Phi) is 5.76. The number of amides is 1. The molecule has 1 N–H and O–H groups in total. The maximum absolute atomic E-state index is 13.3. The van der Waals surface area contributed by atoms with Gasteiger partial charge in [-0.2, -0.15) is 0 Å². The summed E-state index contributed by atoms with van der Waals surface area (Å²) in [6, 6.07) is 1.17. The van der Waals surface area contributed by atoms with Crippen LogP contribution in [0, 0.1) is 16.0 Å². The number of ether oxygens (including phenoxy) is 1. The zero-order valence-corrected chi connectivity index (χ0v) is 14.6. The number of hydrogen-bond donors (Lipinski definition) is 1. The van der Waals surface area contributed by atoms with Crippen LogP contribution in [0.5, 0.6) is 0 Å². The van der Waals surface area contributed by atoms with Gasteiger partial charge in [-0.05, 0) is 33.3 Å². The van der Waals surface area contributed by atoms with E-state index in [1.165, 1.54) is 18.5 Å². The third-order valence-corrected chi connectivity index (χ3v) is 3.79. The molecule has 1 aromatic heterocycles. The van der Waals surface area contributed by atoms with Crippen molar-refractivity contribution in [2.45, 2.75) is 38.8 Å². The Balaban J connectivity index is 2.15. The SMILES string of the molecule is CC(C)(C)OC(=O)NC1CC(CF)CN(c2ccncc2[N+](=O)[O-])C1. The summed E-state index contributed by atoms with van der Waals surface area (Å²) in [4.78, 5) is 28.2. The average molecular weight is 354 g/mol. The van der Waals surface area contributed by atoms with Crippen LogP contribution >= 0.6 is 0 Å². The van der Waals surface area contributed by atoms with Crippen LogP contribution in [0.1, 0.15) is 27.2 Å². The summed E-state index contributed by atoms with van der Waals surface area (Å²) >= 11 is 0. The monoisotopic (exact) mass is 354 g/mol. The van der Waals surface area contributed by atoms with Crippen LogP contribution in [0.3, 0.4) is 0 Å². The number of alkyl halides is 1. The number of rotatable bonds is 4. The molecule has 1 amide bonds. The molecule has 0 radical (unpaired) electrons. The lowest BCUT2D eigenvalue weighted by molar-refractivity contribution is -0.384. The first-order chi connectivity index (χ1) is 11.7. The van der Waals surface area contributed by atoms with Crippen LogP contribution in [0.25, 0.3) is 0 Å². The first kappa shape index (κ1) is 18.9. The van der Waals surface area contributed by atoms with E-state index in [1.54, 1.807) is 25.7 Å². The highest BCUT2D eigenvalue weighted by atomic mass is 19.1. The Morgan fingerprint density at radius 2 is 2.24 bits per heavy atom. The molecule has 0 bridgehead atoms. The molecule has 0 aliphatic carbocycles. The third-order valence-electron chi connectivity index (χ3n) is 3.79. The Hall–Kier alpha value is -2.45. The third kappa shape index (κ3) is 5.27. The van der Waals surface area contributed by atoms with E-state index in [1.807, 2.05) is 0 Å².